The zero-order valence-corrected chi connectivity index (χ0v) is 18.6. The Morgan fingerprint density at radius 2 is 1.97 bits per heavy atom. The van der Waals surface area contributed by atoms with Crippen LogP contribution in [0, 0.1) is 0 Å². The maximum Gasteiger partial charge on any atom is 0.304 e. The van der Waals surface area contributed by atoms with Gasteiger partial charge in [0.15, 0.2) is 9.84 Å². The minimum absolute atomic E-state index is 0.0336. The Kier molecular flexibility index (Phi) is 5.22. The fourth-order valence-corrected chi connectivity index (χ4v) is 5.87. The molecule has 1 heterocycles. The van der Waals surface area contributed by atoms with Crippen LogP contribution in [0.25, 0.3) is 10.9 Å². The van der Waals surface area contributed by atoms with Gasteiger partial charge >= 0.3 is 5.97 Å². The topological polar surface area (TPSA) is 76.4 Å². The Morgan fingerprint density at radius 3 is 2.59 bits per heavy atom. The van der Waals surface area contributed by atoms with Crippen LogP contribution in [0.5, 0.6) is 0 Å². The maximum absolute atomic E-state index is 12.6. The molecule has 5 nitrogen and oxygen atoms in total. The third-order valence-corrected chi connectivity index (χ3v) is 7.19. The molecule has 2 atom stereocenters. The summed E-state index contributed by atoms with van der Waals surface area (Å²) in [5.41, 5.74) is 3.64. The van der Waals surface area contributed by atoms with Gasteiger partial charge in [0.25, 0.3) is 0 Å². The Hall–Kier alpha value is -1.88. The van der Waals surface area contributed by atoms with Crippen LogP contribution >= 0.6 is 20.8 Å². The van der Waals surface area contributed by atoms with Gasteiger partial charge in [0.1, 0.15) is 0 Å². The number of sulfone groups is 1. The number of aryl methyl sites for hydroxylation is 1. The number of halogens is 1. The zero-order valence-electron chi connectivity index (χ0n) is 15.9. The van der Waals surface area contributed by atoms with Gasteiger partial charge in [-0.2, -0.15) is 0 Å². The van der Waals surface area contributed by atoms with Crippen molar-refractivity contribution in [3.8, 4) is 0 Å². The average Bonchev–Trinajstić information content (AvgIpc) is 3.15. The molecule has 0 spiro atoms. The van der Waals surface area contributed by atoms with Crippen LogP contribution in [-0.2, 0) is 27.6 Å². The molecule has 8 heteroatoms. The van der Waals surface area contributed by atoms with Gasteiger partial charge in [-0.15, -0.1) is 9.24 Å². The SMILES string of the molecule is CS(=O)(=O)c1cc(P)cc2c3c(n(Cc4ccc(Cl)cc4)c12)[C@H](CC(=O)O)CC3. The average molecular weight is 450 g/mol. The molecule has 1 aliphatic rings. The number of carboxylic acid groups (broad SMARTS) is 1. The summed E-state index contributed by atoms with van der Waals surface area (Å²) in [6.45, 7) is 0.456. The zero-order chi connectivity index (χ0) is 20.9. The highest BCUT2D eigenvalue weighted by atomic mass is 35.5. The maximum atomic E-state index is 12.6. The molecule has 0 fully saturated rings. The lowest BCUT2D eigenvalue weighted by atomic mass is 10.0. The van der Waals surface area contributed by atoms with E-state index in [1.54, 1.807) is 18.2 Å². The van der Waals surface area contributed by atoms with Gasteiger partial charge in [0, 0.05) is 34.8 Å². The first kappa shape index (κ1) is 20.4. The van der Waals surface area contributed by atoms with E-state index in [0.717, 1.165) is 40.4 Å². The first-order valence-electron chi connectivity index (χ1n) is 9.26. The van der Waals surface area contributed by atoms with Crippen molar-refractivity contribution < 1.29 is 18.3 Å². The summed E-state index contributed by atoms with van der Waals surface area (Å²) in [6, 6.07) is 11.1. The lowest BCUT2D eigenvalue weighted by Gasteiger charge is -2.17. The Morgan fingerprint density at radius 1 is 1.28 bits per heavy atom. The number of carboxylic acids is 1. The van der Waals surface area contributed by atoms with E-state index in [2.05, 4.69) is 9.24 Å². The molecule has 29 heavy (non-hydrogen) atoms. The summed E-state index contributed by atoms with van der Waals surface area (Å²) >= 11 is 6.01. The third kappa shape index (κ3) is 3.81. The number of nitrogens with zero attached hydrogens (tertiary/aromatic N) is 1. The van der Waals surface area contributed by atoms with Crippen molar-refractivity contribution in [2.75, 3.05) is 6.26 Å². The quantitative estimate of drug-likeness (QED) is 0.602. The van der Waals surface area contributed by atoms with Gasteiger partial charge in [0.2, 0.25) is 0 Å². The van der Waals surface area contributed by atoms with Gasteiger partial charge in [-0.05, 0) is 53.5 Å². The van der Waals surface area contributed by atoms with E-state index >= 15 is 0 Å². The second-order valence-corrected chi connectivity index (χ2v) is 10.7. The minimum Gasteiger partial charge on any atom is -0.481 e. The van der Waals surface area contributed by atoms with Crippen LogP contribution in [-0.4, -0.2) is 30.3 Å². The molecule has 0 saturated heterocycles. The molecule has 0 radical (unpaired) electrons. The lowest BCUT2D eigenvalue weighted by Crippen LogP contribution is -2.12. The number of aliphatic carboxylic acids is 1. The predicted octanol–water partition coefficient (Wildman–Crippen LogP) is 3.75. The van der Waals surface area contributed by atoms with Gasteiger partial charge in [0.05, 0.1) is 16.8 Å². The Balaban J connectivity index is 2.02. The van der Waals surface area contributed by atoms with E-state index in [4.69, 9.17) is 11.6 Å². The summed E-state index contributed by atoms with van der Waals surface area (Å²) in [4.78, 5) is 11.7. The molecular formula is C21H21ClNO4PS. The molecule has 4 rings (SSSR count). The molecular weight excluding hydrogens is 429 g/mol. The molecule has 152 valence electrons. The molecule has 1 N–H and O–H groups in total. The van der Waals surface area contributed by atoms with Crippen LogP contribution in [0.3, 0.4) is 0 Å². The molecule has 0 aliphatic heterocycles. The highest BCUT2D eigenvalue weighted by Gasteiger charge is 2.33. The molecule has 1 unspecified atom stereocenters. The van der Waals surface area contributed by atoms with Crippen molar-refractivity contribution in [2.45, 2.75) is 36.6 Å². The minimum atomic E-state index is -3.47. The van der Waals surface area contributed by atoms with Gasteiger partial charge in [-0.3, -0.25) is 4.79 Å². The molecule has 1 aromatic heterocycles. The first-order valence-corrected chi connectivity index (χ1v) is 12.1. The van der Waals surface area contributed by atoms with Crippen molar-refractivity contribution in [2.24, 2.45) is 0 Å². The van der Waals surface area contributed by atoms with Crippen LogP contribution in [0.1, 0.15) is 35.6 Å². The summed E-state index contributed by atoms with van der Waals surface area (Å²) in [5.74, 6) is -0.983. The van der Waals surface area contributed by atoms with E-state index < -0.39 is 15.8 Å². The van der Waals surface area contributed by atoms with Crippen molar-refractivity contribution in [1.29, 1.82) is 0 Å². The molecule has 0 saturated carbocycles. The standard InChI is InChI=1S/C21H21ClNO4PS/c1-29(26,27)18-10-15(28)9-17-16-7-4-13(8-19(24)25)20(16)23(21(17)18)11-12-2-5-14(22)6-3-12/h2-3,5-6,9-10,13H,4,7-8,11,28H2,1H3,(H,24,25)/t13-/m0/s1. The number of rotatable bonds is 5. The van der Waals surface area contributed by atoms with Crippen LogP contribution in [0.15, 0.2) is 41.3 Å². The van der Waals surface area contributed by atoms with E-state index in [9.17, 15) is 18.3 Å². The largest absolute Gasteiger partial charge is 0.481 e. The smallest absolute Gasteiger partial charge is 0.304 e. The van der Waals surface area contributed by atoms with Crippen molar-refractivity contribution in [1.82, 2.24) is 4.57 Å². The fraction of sp³-hybridized carbons (Fsp3) is 0.286. The van der Waals surface area contributed by atoms with Crippen LogP contribution in [0.2, 0.25) is 5.02 Å². The summed E-state index contributed by atoms with van der Waals surface area (Å²) in [5, 5.41) is 11.7. The number of hydrogen-bond donors (Lipinski definition) is 1. The van der Waals surface area contributed by atoms with Crippen LogP contribution in [0.4, 0.5) is 0 Å². The lowest BCUT2D eigenvalue weighted by molar-refractivity contribution is -0.137. The van der Waals surface area contributed by atoms with E-state index in [1.165, 1.54) is 6.26 Å². The second kappa shape index (κ2) is 7.42. The van der Waals surface area contributed by atoms with Gasteiger partial charge in [-0.1, -0.05) is 23.7 Å². The molecule has 0 bridgehead atoms. The molecule has 1 aliphatic carbocycles. The van der Waals surface area contributed by atoms with Crippen molar-refractivity contribution in [3.63, 3.8) is 0 Å². The van der Waals surface area contributed by atoms with Gasteiger partial charge < -0.3 is 9.67 Å². The van der Waals surface area contributed by atoms with Crippen molar-refractivity contribution in [3.05, 3.63) is 58.2 Å². The highest BCUT2D eigenvalue weighted by Crippen LogP contribution is 2.43. The monoisotopic (exact) mass is 449 g/mol. The van der Waals surface area contributed by atoms with E-state index in [0.29, 0.717) is 17.1 Å². The Labute approximate surface area is 176 Å². The summed E-state index contributed by atoms with van der Waals surface area (Å²) in [7, 11) is -0.894. The van der Waals surface area contributed by atoms with Gasteiger partial charge in [-0.25, -0.2) is 8.42 Å². The van der Waals surface area contributed by atoms with Crippen molar-refractivity contribution >= 4 is 52.9 Å². The molecule has 3 aromatic rings. The normalized spacial score (nSPS) is 16.3. The number of benzene rings is 2. The second-order valence-electron chi connectivity index (χ2n) is 7.60. The number of hydrogen-bond acceptors (Lipinski definition) is 3. The fourth-order valence-electron chi connectivity index (χ4n) is 4.37. The highest BCUT2D eigenvalue weighted by molar-refractivity contribution is 7.91. The number of carbonyl (C=O) groups is 1. The first-order chi connectivity index (χ1) is 13.6. The van der Waals surface area contributed by atoms with Crippen LogP contribution < -0.4 is 5.30 Å². The predicted molar refractivity (Wildman–Crippen MR) is 118 cm³/mol. The van der Waals surface area contributed by atoms with E-state index in [-0.39, 0.29) is 17.2 Å². The third-order valence-electron chi connectivity index (χ3n) is 5.50. The number of fused-ring (bicyclic) bond motifs is 3. The summed E-state index contributed by atoms with van der Waals surface area (Å²) < 4.78 is 27.2. The molecule has 2 aromatic carbocycles. The van der Waals surface area contributed by atoms with E-state index in [1.807, 2.05) is 22.8 Å². The Bertz CT molecular complexity index is 1230. The number of aromatic nitrogens is 1. The summed E-state index contributed by atoms with van der Waals surface area (Å²) in [6.07, 6.45) is 2.74. The molecule has 0 amide bonds.